The van der Waals surface area contributed by atoms with Crippen LogP contribution in [0.3, 0.4) is 0 Å². The number of nitrogens with zero attached hydrogens (tertiary/aromatic N) is 2. The van der Waals surface area contributed by atoms with Gasteiger partial charge in [-0.1, -0.05) is 13.8 Å². The summed E-state index contributed by atoms with van der Waals surface area (Å²) < 4.78 is 5.29. The Morgan fingerprint density at radius 1 is 0.923 bits per heavy atom. The van der Waals surface area contributed by atoms with Gasteiger partial charge in [-0.15, -0.1) is 0 Å². The maximum atomic E-state index is 5.29. The van der Waals surface area contributed by atoms with Crippen molar-refractivity contribution in [1.82, 2.24) is 9.80 Å². The molecule has 0 aromatic rings. The molecule has 82 valence electrons. The summed E-state index contributed by atoms with van der Waals surface area (Å²) >= 11 is 0. The molecule has 0 aliphatic carbocycles. The summed E-state index contributed by atoms with van der Waals surface area (Å²) in [7, 11) is 9.99. The first-order chi connectivity index (χ1) is 6.06. The summed E-state index contributed by atoms with van der Waals surface area (Å²) in [6.45, 7) is 5.96. The van der Waals surface area contributed by atoms with E-state index in [2.05, 4.69) is 38.0 Å². The van der Waals surface area contributed by atoms with Crippen LogP contribution in [0.25, 0.3) is 0 Å². The Hall–Kier alpha value is -0.120. The fourth-order valence-electron chi connectivity index (χ4n) is 1.02. The van der Waals surface area contributed by atoms with E-state index in [0.717, 1.165) is 13.1 Å². The molecule has 3 heteroatoms. The van der Waals surface area contributed by atoms with E-state index in [0.29, 0.717) is 6.10 Å². The molecule has 0 aromatic heterocycles. The number of methoxy groups -OCH3 is 1. The summed E-state index contributed by atoms with van der Waals surface area (Å²) in [5, 5.41) is 0. The topological polar surface area (TPSA) is 15.7 Å². The third-order valence-electron chi connectivity index (χ3n) is 1.47. The lowest BCUT2D eigenvalue weighted by atomic mass is 10.3. The Morgan fingerprint density at radius 3 is 1.38 bits per heavy atom. The molecule has 0 heterocycles. The van der Waals surface area contributed by atoms with Crippen molar-refractivity contribution < 1.29 is 4.74 Å². The SMILES string of the molecule is CC.COC(CN(C)C)CN(C)C. The summed E-state index contributed by atoms with van der Waals surface area (Å²) in [5.74, 6) is 0. The van der Waals surface area contributed by atoms with Gasteiger partial charge in [0.05, 0.1) is 6.10 Å². The highest BCUT2D eigenvalue weighted by atomic mass is 16.5. The molecule has 0 spiro atoms. The first-order valence-electron chi connectivity index (χ1n) is 4.88. The minimum atomic E-state index is 0.319. The standard InChI is InChI=1S/C8H20N2O.C2H6/c1-9(2)6-8(11-5)7-10(3)4;1-2/h8H,6-7H2,1-5H3;1-2H3. The Morgan fingerprint density at radius 2 is 1.23 bits per heavy atom. The lowest BCUT2D eigenvalue weighted by Gasteiger charge is -2.22. The molecule has 0 rings (SSSR count). The zero-order valence-corrected chi connectivity index (χ0v) is 10.3. The minimum Gasteiger partial charge on any atom is -0.379 e. The predicted molar refractivity (Wildman–Crippen MR) is 59.3 cm³/mol. The zero-order valence-electron chi connectivity index (χ0n) is 10.3. The molecule has 0 aliphatic rings. The molecule has 0 unspecified atom stereocenters. The van der Waals surface area contributed by atoms with Gasteiger partial charge in [-0.3, -0.25) is 0 Å². The molecular weight excluding hydrogens is 164 g/mol. The third-order valence-corrected chi connectivity index (χ3v) is 1.47. The summed E-state index contributed by atoms with van der Waals surface area (Å²) in [6, 6.07) is 0. The summed E-state index contributed by atoms with van der Waals surface area (Å²) in [6.07, 6.45) is 0.319. The van der Waals surface area contributed by atoms with Crippen LogP contribution in [0.5, 0.6) is 0 Å². The predicted octanol–water partition coefficient (Wildman–Crippen LogP) is 1.15. The van der Waals surface area contributed by atoms with Crippen LogP contribution >= 0.6 is 0 Å². The second-order valence-electron chi connectivity index (χ2n) is 3.38. The molecular formula is C10H26N2O. The van der Waals surface area contributed by atoms with Gasteiger partial charge in [0.15, 0.2) is 0 Å². The van der Waals surface area contributed by atoms with E-state index in [-0.39, 0.29) is 0 Å². The number of hydrogen-bond acceptors (Lipinski definition) is 3. The molecule has 0 bridgehead atoms. The second-order valence-corrected chi connectivity index (χ2v) is 3.38. The third kappa shape index (κ3) is 11.9. The monoisotopic (exact) mass is 190 g/mol. The van der Waals surface area contributed by atoms with Crippen LogP contribution < -0.4 is 0 Å². The van der Waals surface area contributed by atoms with Crippen molar-refractivity contribution in [3.8, 4) is 0 Å². The van der Waals surface area contributed by atoms with Gasteiger partial charge in [-0.05, 0) is 28.2 Å². The van der Waals surface area contributed by atoms with Crippen LogP contribution in [0.1, 0.15) is 13.8 Å². The van der Waals surface area contributed by atoms with Crippen molar-refractivity contribution in [2.24, 2.45) is 0 Å². The average molecular weight is 190 g/mol. The minimum absolute atomic E-state index is 0.319. The Balaban J connectivity index is 0. The number of likely N-dealkylation sites (N-methyl/N-ethyl adjacent to an activating group) is 2. The Bertz CT molecular complexity index is 84.9. The molecule has 0 saturated heterocycles. The molecule has 0 saturated carbocycles. The van der Waals surface area contributed by atoms with Crippen LogP contribution in [0, 0.1) is 0 Å². The van der Waals surface area contributed by atoms with Gasteiger partial charge in [-0.2, -0.15) is 0 Å². The van der Waals surface area contributed by atoms with Crippen molar-refractivity contribution in [1.29, 1.82) is 0 Å². The van der Waals surface area contributed by atoms with E-state index in [4.69, 9.17) is 4.74 Å². The highest BCUT2D eigenvalue weighted by Crippen LogP contribution is 1.93. The van der Waals surface area contributed by atoms with Crippen LogP contribution in [-0.2, 0) is 4.74 Å². The Labute approximate surface area is 83.7 Å². The van der Waals surface area contributed by atoms with Crippen LogP contribution in [0.4, 0.5) is 0 Å². The molecule has 0 N–H and O–H groups in total. The highest BCUT2D eigenvalue weighted by Gasteiger charge is 2.08. The molecule has 3 nitrogen and oxygen atoms in total. The van der Waals surface area contributed by atoms with Crippen molar-refractivity contribution >= 4 is 0 Å². The maximum absolute atomic E-state index is 5.29. The van der Waals surface area contributed by atoms with Gasteiger partial charge in [-0.25, -0.2) is 0 Å². The van der Waals surface area contributed by atoms with Gasteiger partial charge in [0.2, 0.25) is 0 Å². The van der Waals surface area contributed by atoms with Crippen LogP contribution in [0.15, 0.2) is 0 Å². The van der Waals surface area contributed by atoms with Crippen molar-refractivity contribution in [2.75, 3.05) is 48.4 Å². The van der Waals surface area contributed by atoms with Crippen molar-refractivity contribution in [3.05, 3.63) is 0 Å². The van der Waals surface area contributed by atoms with Crippen molar-refractivity contribution in [2.45, 2.75) is 20.0 Å². The Kier molecular flexibility index (Phi) is 11.8. The largest absolute Gasteiger partial charge is 0.379 e. The normalized spacial score (nSPS) is 10.6. The van der Waals surface area contributed by atoms with Crippen LogP contribution in [-0.4, -0.2) is 64.3 Å². The van der Waals surface area contributed by atoms with E-state index in [9.17, 15) is 0 Å². The molecule has 0 amide bonds. The van der Waals surface area contributed by atoms with E-state index in [1.807, 2.05) is 13.8 Å². The fourth-order valence-corrected chi connectivity index (χ4v) is 1.02. The van der Waals surface area contributed by atoms with E-state index >= 15 is 0 Å². The lowest BCUT2D eigenvalue weighted by molar-refractivity contribution is 0.0578. The number of rotatable bonds is 5. The zero-order chi connectivity index (χ0) is 10.9. The van der Waals surface area contributed by atoms with Gasteiger partial charge in [0, 0.05) is 20.2 Å². The second kappa shape index (κ2) is 9.96. The molecule has 0 fully saturated rings. The van der Waals surface area contributed by atoms with Gasteiger partial charge in [0.1, 0.15) is 0 Å². The van der Waals surface area contributed by atoms with Gasteiger partial charge in [0.25, 0.3) is 0 Å². The summed E-state index contributed by atoms with van der Waals surface area (Å²) in [5.41, 5.74) is 0. The van der Waals surface area contributed by atoms with E-state index in [1.165, 1.54) is 0 Å². The van der Waals surface area contributed by atoms with E-state index < -0.39 is 0 Å². The molecule has 0 radical (unpaired) electrons. The smallest absolute Gasteiger partial charge is 0.0824 e. The maximum Gasteiger partial charge on any atom is 0.0824 e. The molecule has 0 atom stereocenters. The van der Waals surface area contributed by atoms with Gasteiger partial charge >= 0.3 is 0 Å². The van der Waals surface area contributed by atoms with E-state index in [1.54, 1.807) is 7.11 Å². The number of hydrogen-bond donors (Lipinski definition) is 0. The molecule has 13 heavy (non-hydrogen) atoms. The fraction of sp³-hybridized carbons (Fsp3) is 1.00. The van der Waals surface area contributed by atoms with Crippen LogP contribution in [0.2, 0.25) is 0 Å². The quantitative estimate of drug-likeness (QED) is 0.647. The lowest BCUT2D eigenvalue weighted by Crippen LogP contribution is -2.35. The molecule has 0 aliphatic heterocycles. The van der Waals surface area contributed by atoms with Crippen molar-refractivity contribution in [3.63, 3.8) is 0 Å². The molecule has 0 aromatic carbocycles. The average Bonchev–Trinajstić information content (AvgIpc) is 2.05. The number of ether oxygens (including phenoxy) is 1. The first-order valence-corrected chi connectivity index (χ1v) is 4.88. The summed E-state index contributed by atoms with van der Waals surface area (Å²) in [4.78, 5) is 4.27. The van der Waals surface area contributed by atoms with Gasteiger partial charge < -0.3 is 14.5 Å². The highest BCUT2D eigenvalue weighted by molar-refractivity contribution is 4.63. The first kappa shape index (κ1) is 15.4.